The molecule has 4 nitrogen and oxygen atoms in total. The summed E-state index contributed by atoms with van der Waals surface area (Å²) < 4.78 is 49.7. The van der Waals surface area contributed by atoms with E-state index in [9.17, 15) is 22.4 Å². The first-order valence-corrected chi connectivity index (χ1v) is 5.84. The lowest BCUT2D eigenvalue weighted by Gasteiger charge is -2.16. The fourth-order valence-corrected chi connectivity index (χ4v) is 1.73. The Hall–Kier alpha value is -2.38. The second-order valence-electron chi connectivity index (χ2n) is 4.29. The summed E-state index contributed by atoms with van der Waals surface area (Å²) in [7, 11) is 0. The highest BCUT2D eigenvalue weighted by atomic mass is 19.3. The summed E-state index contributed by atoms with van der Waals surface area (Å²) in [4.78, 5) is 14.9. The minimum Gasteiger partial charge on any atom is -0.478 e. The number of hydrogen-bond acceptors (Lipinski definition) is 3. The van der Waals surface area contributed by atoms with Gasteiger partial charge in [-0.05, 0) is 24.3 Å². The summed E-state index contributed by atoms with van der Waals surface area (Å²) in [6.07, 6.45) is -3.77. The summed E-state index contributed by atoms with van der Waals surface area (Å²) in [6, 6.07) is 6.98. The van der Waals surface area contributed by atoms with Crippen LogP contribution in [0.3, 0.4) is 0 Å². The molecule has 0 radical (unpaired) electrons. The number of halogens is 4. The van der Waals surface area contributed by atoms with E-state index < -0.39 is 24.9 Å². The molecule has 2 rings (SSSR count). The zero-order valence-corrected chi connectivity index (χ0v) is 10.5. The van der Waals surface area contributed by atoms with E-state index in [1.54, 1.807) is 0 Å². The molecule has 0 saturated carbocycles. The first-order chi connectivity index (χ1) is 9.81. The van der Waals surface area contributed by atoms with Gasteiger partial charge >= 0.3 is 18.3 Å². The van der Waals surface area contributed by atoms with Gasteiger partial charge in [-0.2, -0.15) is 8.78 Å². The molecule has 2 N–H and O–H groups in total. The van der Waals surface area contributed by atoms with Crippen LogP contribution < -0.4 is 5.32 Å². The number of carbonyl (C=O) groups is 1. The Labute approximate surface area is 116 Å². The number of carboxylic acid groups (broad SMARTS) is 1. The number of nitrogens with one attached hydrogen (secondary N) is 1. The fourth-order valence-electron chi connectivity index (χ4n) is 1.73. The number of carboxylic acids is 1. The van der Waals surface area contributed by atoms with E-state index in [1.807, 2.05) is 0 Å². The van der Waals surface area contributed by atoms with Crippen molar-refractivity contribution >= 4 is 22.7 Å². The second kappa shape index (κ2) is 5.55. The van der Waals surface area contributed by atoms with E-state index in [4.69, 9.17) is 5.11 Å². The van der Waals surface area contributed by atoms with Gasteiger partial charge in [-0.25, -0.2) is 18.6 Å². The zero-order chi connectivity index (χ0) is 15.6. The smallest absolute Gasteiger partial charge is 0.336 e. The SMILES string of the molecule is O=C(O)c1cccc2nc(NCC(F)(F)C(F)F)ccc12. The number of pyridine rings is 1. The van der Waals surface area contributed by atoms with E-state index in [-0.39, 0.29) is 16.9 Å². The molecule has 21 heavy (non-hydrogen) atoms. The molecule has 0 spiro atoms. The molecular weight excluding hydrogens is 292 g/mol. The van der Waals surface area contributed by atoms with Crippen LogP contribution in [0, 0.1) is 0 Å². The van der Waals surface area contributed by atoms with Gasteiger partial charge in [0.2, 0.25) is 0 Å². The molecule has 1 aromatic carbocycles. The van der Waals surface area contributed by atoms with Gasteiger partial charge in [0.15, 0.2) is 0 Å². The average molecular weight is 302 g/mol. The van der Waals surface area contributed by atoms with Crippen molar-refractivity contribution in [2.45, 2.75) is 12.3 Å². The maximum atomic E-state index is 12.8. The lowest BCUT2D eigenvalue weighted by atomic mass is 10.1. The zero-order valence-electron chi connectivity index (χ0n) is 10.5. The van der Waals surface area contributed by atoms with Gasteiger partial charge in [-0.1, -0.05) is 6.07 Å². The normalized spacial score (nSPS) is 11.9. The van der Waals surface area contributed by atoms with Crippen LogP contribution in [0.5, 0.6) is 0 Å². The number of aromatic carboxylic acids is 1. The molecule has 0 atom stereocenters. The standard InChI is InChI=1S/C13H10F4N2O2/c14-12(15)13(16,17)6-18-10-5-4-7-8(11(20)21)2-1-3-9(7)19-10/h1-5,12H,6H2,(H,18,19)(H,20,21). The van der Waals surface area contributed by atoms with Crippen LogP contribution in [0.2, 0.25) is 0 Å². The van der Waals surface area contributed by atoms with Crippen molar-refractivity contribution in [3.63, 3.8) is 0 Å². The Kier molecular flexibility index (Phi) is 3.97. The van der Waals surface area contributed by atoms with E-state index >= 15 is 0 Å². The summed E-state index contributed by atoms with van der Waals surface area (Å²) in [6.45, 7) is -1.26. The molecule has 1 heterocycles. The predicted octanol–water partition coefficient (Wildman–Crippen LogP) is 3.25. The van der Waals surface area contributed by atoms with Crippen LogP contribution in [0.15, 0.2) is 30.3 Å². The van der Waals surface area contributed by atoms with Gasteiger partial charge < -0.3 is 10.4 Å². The van der Waals surface area contributed by atoms with Crippen LogP contribution in [0.1, 0.15) is 10.4 Å². The Morgan fingerprint density at radius 2 is 2.00 bits per heavy atom. The third-order valence-electron chi connectivity index (χ3n) is 2.79. The lowest BCUT2D eigenvalue weighted by molar-refractivity contribution is -0.117. The molecule has 0 unspecified atom stereocenters. The van der Waals surface area contributed by atoms with Crippen LogP contribution in [-0.2, 0) is 0 Å². The maximum Gasteiger partial charge on any atom is 0.336 e. The Bertz CT molecular complexity index is 676. The highest BCUT2D eigenvalue weighted by molar-refractivity contribution is 6.02. The molecular formula is C13H10F4N2O2. The number of benzene rings is 1. The number of hydrogen-bond donors (Lipinski definition) is 2. The van der Waals surface area contributed by atoms with Crippen molar-refractivity contribution < 1.29 is 27.5 Å². The third-order valence-corrected chi connectivity index (χ3v) is 2.79. The van der Waals surface area contributed by atoms with E-state index in [0.717, 1.165) is 0 Å². The highest BCUT2D eigenvalue weighted by Gasteiger charge is 2.40. The number of aromatic nitrogens is 1. The molecule has 8 heteroatoms. The minimum atomic E-state index is -4.17. The van der Waals surface area contributed by atoms with Gasteiger partial charge in [0.25, 0.3) is 0 Å². The van der Waals surface area contributed by atoms with Gasteiger partial charge in [0.1, 0.15) is 5.82 Å². The van der Waals surface area contributed by atoms with Crippen LogP contribution in [0.4, 0.5) is 23.4 Å². The van der Waals surface area contributed by atoms with E-state index in [1.165, 1.54) is 30.3 Å². The molecule has 0 bridgehead atoms. The minimum absolute atomic E-state index is 0.0180. The van der Waals surface area contributed by atoms with Crippen molar-refractivity contribution in [3.05, 3.63) is 35.9 Å². The molecule has 0 fully saturated rings. The van der Waals surface area contributed by atoms with Gasteiger partial charge in [0, 0.05) is 5.39 Å². The summed E-state index contributed by atoms with van der Waals surface area (Å²) >= 11 is 0. The molecule has 0 aliphatic rings. The Morgan fingerprint density at radius 3 is 2.62 bits per heavy atom. The molecule has 0 aliphatic carbocycles. The largest absolute Gasteiger partial charge is 0.478 e. The van der Waals surface area contributed by atoms with E-state index in [0.29, 0.717) is 5.39 Å². The molecule has 2 aromatic rings. The topological polar surface area (TPSA) is 62.2 Å². The van der Waals surface area contributed by atoms with Crippen molar-refractivity contribution in [1.29, 1.82) is 0 Å². The monoisotopic (exact) mass is 302 g/mol. The first-order valence-electron chi connectivity index (χ1n) is 5.84. The number of alkyl halides is 4. The highest BCUT2D eigenvalue weighted by Crippen LogP contribution is 2.24. The van der Waals surface area contributed by atoms with Crippen LogP contribution >= 0.6 is 0 Å². The molecule has 1 aromatic heterocycles. The fraction of sp³-hybridized carbons (Fsp3) is 0.231. The first kappa shape index (κ1) is 15.0. The Morgan fingerprint density at radius 1 is 1.29 bits per heavy atom. The van der Waals surface area contributed by atoms with Crippen LogP contribution in [-0.4, -0.2) is 35.0 Å². The Balaban J connectivity index is 2.26. The van der Waals surface area contributed by atoms with Gasteiger partial charge in [0.05, 0.1) is 17.6 Å². The third kappa shape index (κ3) is 3.21. The van der Waals surface area contributed by atoms with Crippen molar-refractivity contribution in [1.82, 2.24) is 4.98 Å². The van der Waals surface area contributed by atoms with Crippen molar-refractivity contribution in [2.24, 2.45) is 0 Å². The summed E-state index contributed by atoms with van der Waals surface area (Å²) in [5.41, 5.74) is 0.282. The van der Waals surface area contributed by atoms with Gasteiger partial charge in [-0.3, -0.25) is 0 Å². The number of rotatable bonds is 5. The van der Waals surface area contributed by atoms with Gasteiger partial charge in [-0.15, -0.1) is 0 Å². The summed E-state index contributed by atoms with van der Waals surface area (Å²) in [5, 5.41) is 11.4. The van der Waals surface area contributed by atoms with Crippen LogP contribution in [0.25, 0.3) is 10.9 Å². The lowest BCUT2D eigenvalue weighted by Crippen LogP contribution is -2.35. The summed E-state index contributed by atoms with van der Waals surface area (Å²) in [5.74, 6) is -5.35. The quantitative estimate of drug-likeness (QED) is 0.832. The average Bonchev–Trinajstić information content (AvgIpc) is 2.44. The van der Waals surface area contributed by atoms with E-state index in [2.05, 4.69) is 10.3 Å². The predicted molar refractivity (Wildman–Crippen MR) is 68.1 cm³/mol. The molecule has 0 amide bonds. The molecule has 0 saturated heterocycles. The second-order valence-corrected chi connectivity index (χ2v) is 4.29. The number of fused-ring (bicyclic) bond motifs is 1. The molecule has 112 valence electrons. The molecule has 0 aliphatic heterocycles. The number of nitrogens with zero attached hydrogens (tertiary/aromatic N) is 1. The van der Waals surface area contributed by atoms with Crippen molar-refractivity contribution in [3.8, 4) is 0 Å². The number of anilines is 1. The maximum absolute atomic E-state index is 12.8. The van der Waals surface area contributed by atoms with Crippen molar-refractivity contribution in [2.75, 3.05) is 11.9 Å².